The van der Waals surface area contributed by atoms with Crippen LogP contribution >= 0.6 is 0 Å². The first kappa shape index (κ1) is 40.5. The topological polar surface area (TPSA) is 209 Å². The number of benzene rings is 1. The lowest BCUT2D eigenvalue weighted by molar-refractivity contribution is -0.343. The Kier molecular flexibility index (Phi) is 10.5. The fraction of sp³-hybridized carbons (Fsp3) is 0.707. The van der Waals surface area contributed by atoms with Crippen LogP contribution in [0.15, 0.2) is 41.5 Å². The van der Waals surface area contributed by atoms with E-state index in [9.17, 15) is 44.7 Å². The molecule has 2 bridgehead atoms. The zero-order chi connectivity index (χ0) is 39.8. The summed E-state index contributed by atoms with van der Waals surface area (Å²) in [5.74, 6) is -4.86. The van der Waals surface area contributed by atoms with Gasteiger partial charge >= 0.3 is 11.9 Å². The van der Waals surface area contributed by atoms with Crippen LogP contribution in [0.2, 0.25) is 0 Å². The Bertz CT molecular complexity index is 1680. The maximum Gasteiger partial charge on any atom is 0.338 e. The Labute approximate surface area is 316 Å². The number of carbonyl (C=O) groups excluding carboxylic acids is 4. The lowest BCUT2D eigenvalue weighted by Crippen LogP contribution is -2.81. The third kappa shape index (κ3) is 6.32. The van der Waals surface area contributed by atoms with Gasteiger partial charge in [-0.25, -0.2) is 9.59 Å². The molecular weight excluding hydrogens is 698 g/mol. The fourth-order valence-electron chi connectivity index (χ4n) is 10.0. The number of hydrogen-bond acceptors (Lipinski definition) is 12. The standard InChI is InChI=1S/C41H57NO12/c1-21-24(53-35(48)30(45)28(22-14-10-8-11-15-22)42-36(49)37(2,3)4)19-41(51)33(54-34(47)23-16-12-9-13-17-23)31-39(7,25(43)18-26-40(31,50)20-52-26)32(46)29(44)27(21)38(41,5)6/h9,12-13,16-17,22,24-26,28-31,33,43-45,50-51H,8,10-11,14-15,18-20H2,1-7H3,(H,42,49)/t24?,25-,26+,28-,29+,30+,31-,33-,39+,40-,41+/m0/s1. The first-order valence-corrected chi connectivity index (χ1v) is 19.2. The minimum atomic E-state index is -2.26. The SMILES string of the molecule is CC1=C2[C@@H](O)C(=O)[C@@]3(C)[C@H]([C@H](OC(=O)c4ccccc4)[C@](O)(CC1OC(=O)[C@H](O)[C@@H](NC(=O)C(C)(C)C)C1CCCCC1)C2(C)C)[C@]1(O)CO[C@@H]1C[C@@H]3O. The van der Waals surface area contributed by atoms with E-state index in [2.05, 4.69) is 5.32 Å². The summed E-state index contributed by atoms with van der Waals surface area (Å²) in [6.45, 7) is 11.0. The van der Waals surface area contributed by atoms with Crippen molar-refractivity contribution in [2.75, 3.05) is 6.61 Å². The molecule has 1 unspecified atom stereocenters. The van der Waals surface area contributed by atoms with Crippen LogP contribution < -0.4 is 5.32 Å². The van der Waals surface area contributed by atoms with Crippen LogP contribution in [0.3, 0.4) is 0 Å². The van der Waals surface area contributed by atoms with E-state index in [1.54, 1.807) is 59.7 Å². The zero-order valence-electron chi connectivity index (χ0n) is 32.3. The highest BCUT2D eigenvalue weighted by Gasteiger charge is 2.76. The summed E-state index contributed by atoms with van der Waals surface area (Å²) in [6.07, 6.45) is -5.73. The molecule has 1 aliphatic heterocycles. The molecule has 1 heterocycles. The Morgan fingerprint density at radius 3 is 2.19 bits per heavy atom. The average molecular weight is 756 g/mol. The molecule has 1 aromatic rings. The molecule has 0 spiro atoms. The van der Waals surface area contributed by atoms with Crippen LogP contribution in [0.5, 0.6) is 0 Å². The van der Waals surface area contributed by atoms with Gasteiger partial charge in [0.2, 0.25) is 5.91 Å². The van der Waals surface area contributed by atoms with Gasteiger partial charge in [0, 0.05) is 29.6 Å². The number of esters is 2. The summed E-state index contributed by atoms with van der Waals surface area (Å²) in [6, 6.07) is 7.02. The smallest absolute Gasteiger partial charge is 0.338 e. The molecule has 1 aromatic carbocycles. The maximum atomic E-state index is 14.7. The average Bonchev–Trinajstić information content (AvgIpc) is 3.12. The van der Waals surface area contributed by atoms with Gasteiger partial charge in [-0.05, 0) is 55.9 Å². The van der Waals surface area contributed by atoms with Crippen LogP contribution in [-0.4, -0.2) is 110 Å². The van der Waals surface area contributed by atoms with Crippen molar-refractivity contribution >= 4 is 23.6 Å². The van der Waals surface area contributed by atoms with Crippen molar-refractivity contribution in [3.05, 3.63) is 47.0 Å². The molecule has 298 valence electrons. The highest BCUT2D eigenvalue weighted by molar-refractivity contribution is 5.94. The van der Waals surface area contributed by atoms with Crippen molar-refractivity contribution in [3.63, 3.8) is 0 Å². The molecule has 4 aliphatic carbocycles. The minimum absolute atomic E-state index is 0.00464. The second-order valence-electron chi connectivity index (χ2n) is 18.1. The number of ether oxygens (including phenoxy) is 3. The highest BCUT2D eigenvalue weighted by atomic mass is 16.6. The predicted octanol–water partition coefficient (Wildman–Crippen LogP) is 2.53. The summed E-state index contributed by atoms with van der Waals surface area (Å²) >= 11 is 0. The van der Waals surface area contributed by atoms with Crippen LogP contribution in [0.25, 0.3) is 0 Å². The Morgan fingerprint density at radius 2 is 1.61 bits per heavy atom. The molecule has 5 aliphatic rings. The molecule has 13 nitrogen and oxygen atoms in total. The van der Waals surface area contributed by atoms with Crippen molar-refractivity contribution in [3.8, 4) is 0 Å². The van der Waals surface area contributed by atoms with Gasteiger partial charge in [0.05, 0.1) is 35.8 Å². The van der Waals surface area contributed by atoms with Crippen LogP contribution in [-0.2, 0) is 28.6 Å². The highest BCUT2D eigenvalue weighted by Crippen LogP contribution is 2.63. The molecule has 54 heavy (non-hydrogen) atoms. The molecule has 1 saturated heterocycles. The number of amides is 1. The molecule has 1 amide bonds. The van der Waals surface area contributed by atoms with Crippen molar-refractivity contribution in [1.82, 2.24) is 5.32 Å². The van der Waals surface area contributed by atoms with Crippen molar-refractivity contribution in [2.24, 2.45) is 28.1 Å². The van der Waals surface area contributed by atoms with Gasteiger partial charge in [-0.15, -0.1) is 0 Å². The second kappa shape index (κ2) is 14.1. The van der Waals surface area contributed by atoms with Crippen LogP contribution in [0, 0.1) is 28.1 Å². The van der Waals surface area contributed by atoms with Crippen molar-refractivity contribution in [2.45, 2.75) is 147 Å². The van der Waals surface area contributed by atoms with Gasteiger partial charge < -0.3 is 45.1 Å². The van der Waals surface area contributed by atoms with E-state index in [4.69, 9.17) is 14.2 Å². The number of carbonyl (C=O) groups is 4. The molecule has 6 rings (SSSR count). The molecule has 11 atom stereocenters. The van der Waals surface area contributed by atoms with Gasteiger partial charge in [-0.1, -0.05) is 72.1 Å². The van der Waals surface area contributed by atoms with Crippen molar-refractivity contribution in [1.29, 1.82) is 0 Å². The summed E-state index contributed by atoms with van der Waals surface area (Å²) in [5.41, 5.74) is -8.07. The van der Waals surface area contributed by atoms with E-state index in [0.717, 1.165) is 19.3 Å². The fourth-order valence-corrected chi connectivity index (χ4v) is 10.0. The largest absolute Gasteiger partial charge is 0.456 e. The van der Waals surface area contributed by atoms with Crippen LogP contribution in [0.4, 0.5) is 0 Å². The second-order valence-corrected chi connectivity index (χ2v) is 18.1. The monoisotopic (exact) mass is 755 g/mol. The minimum Gasteiger partial charge on any atom is -0.456 e. The number of nitrogens with one attached hydrogen (secondary N) is 1. The van der Waals surface area contributed by atoms with Crippen LogP contribution in [0.1, 0.15) is 104 Å². The quantitative estimate of drug-likeness (QED) is 0.175. The number of hydrogen-bond donors (Lipinski definition) is 6. The normalized spacial score (nSPS) is 37.7. The third-order valence-electron chi connectivity index (χ3n) is 13.6. The van der Waals surface area contributed by atoms with E-state index in [-0.39, 0.29) is 41.6 Å². The Hall–Kier alpha value is -3.20. The number of fused-ring (bicyclic) bond motifs is 5. The van der Waals surface area contributed by atoms with Crippen molar-refractivity contribution < 1.29 is 58.9 Å². The molecule has 3 saturated carbocycles. The zero-order valence-corrected chi connectivity index (χ0v) is 32.3. The first-order chi connectivity index (χ1) is 25.1. The van der Waals surface area contributed by atoms with E-state index < -0.39 is 100 Å². The summed E-state index contributed by atoms with van der Waals surface area (Å²) in [5, 5.41) is 63.7. The summed E-state index contributed by atoms with van der Waals surface area (Å²) in [4.78, 5) is 55.9. The van der Waals surface area contributed by atoms with E-state index in [1.165, 1.54) is 19.1 Å². The molecule has 0 radical (unpaired) electrons. The number of rotatable bonds is 7. The molecule has 0 aromatic heterocycles. The van der Waals surface area contributed by atoms with Gasteiger partial charge in [0.1, 0.15) is 29.5 Å². The van der Waals surface area contributed by atoms with Gasteiger partial charge in [0.15, 0.2) is 11.9 Å². The Balaban J connectivity index is 1.45. The van der Waals surface area contributed by atoms with Gasteiger partial charge in [-0.3, -0.25) is 9.59 Å². The third-order valence-corrected chi connectivity index (χ3v) is 13.6. The summed E-state index contributed by atoms with van der Waals surface area (Å²) < 4.78 is 17.9. The number of ketones is 1. The van der Waals surface area contributed by atoms with E-state index in [1.807, 2.05) is 0 Å². The molecule has 13 heteroatoms. The van der Waals surface area contributed by atoms with Gasteiger partial charge in [-0.2, -0.15) is 0 Å². The molecular formula is C41H57NO12. The molecule has 6 N–H and O–H groups in total. The summed E-state index contributed by atoms with van der Waals surface area (Å²) in [7, 11) is 0. The van der Waals surface area contributed by atoms with E-state index in [0.29, 0.717) is 12.8 Å². The molecule has 4 fully saturated rings. The lowest BCUT2D eigenvalue weighted by Gasteiger charge is -2.66. The number of aliphatic hydroxyl groups excluding tert-OH is 3. The van der Waals surface area contributed by atoms with E-state index >= 15 is 0 Å². The first-order valence-electron chi connectivity index (χ1n) is 19.2. The Morgan fingerprint density at radius 1 is 0.981 bits per heavy atom. The lowest BCUT2D eigenvalue weighted by atomic mass is 9.44. The number of aliphatic hydroxyl groups is 5. The maximum absolute atomic E-state index is 14.7. The van der Waals surface area contributed by atoms with Gasteiger partial charge in [0.25, 0.3) is 0 Å². The predicted molar refractivity (Wildman–Crippen MR) is 193 cm³/mol. The number of Topliss-reactive ketones (excluding diaryl/α,β-unsaturated/α-hetero) is 1.